The van der Waals surface area contributed by atoms with Gasteiger partial charge in [0.1, 0.15) is 96.2 Å². The van der Waals surface area contributed by atoms with Gasteiger partial charge in [0.25, 0.3) is 0 Å². The molecule has 0 aliphatic carbocycles. The molecule has 560 valence electrons. The van der Waals surface area contributed by atoms with Gasteiger partial charge >= 0.3 is 0 Å². The van der Waals surface area contributed by atoms with Gasteiger partial charge in [-0.1, -0.05) is 20.3 Å². The summed E-state index contributed by atoms with van der Waals surface area (Å²) in [5, 5.41) is 104. The van der Waals surface area contributed by atoms with Crippen LogP contribution in [0.5, 0.6) is 0 Å². The zero-order chi connectivity index (χ0) is 71.9. The van der Waals surface area contributed by atoms with Crippen molar-refractivity contribution >= 4 is 52.7 Å². The maximum atomic E-state index is 13.0. The number of unbranched alkanes of at least 4 members (excludes halogenated alkanes) is 5. The Morgan fingerprint density at radius 3 is 1.03 bits per heavy atom. The van der Waals surface area contributed by atoms with Crippen molar-refractivity contribution in [2.24, 2.45) is 11.3 Å². The SMILES string of the molecule is CC(=O)NC1[C@H](OCCCCC(=O)CCCCNC(=O)CCOCC(COCCC(=O)CCCCCC(=O)CCO[C@@H]2OC(CO)[C@H](O)[C@H](O)C2NC(C)=O)(COCCC(=O)CCCCNC(=O)CCO[C@@H]2OC(CO)[C@H](O)[C@H](O)C2NC(C)=O)CC(C)C)OC(CO)[C@H](O)[C@@H]1O. The maximum absolute atomic E-state index is 13.0. The summed E-state index contributed by atoms with van der Waals surface area (Å²) in [5.41, 5.74) is -0.736. The van der Waals surface area contributed by atoms with Gasteiger partial charge in [0.2, 0.25) is 29.5 Å². The normalized spacial score (nSPS) is 26.4. The van der Waals surface area contributed by atoms with E-state index in [1.165, 1.54) is 20.8 Å². The molecule has 3 aliphatic rings. The Bertz CT molecular complexity index is 2240. The first-order valence-electron chi connectivity index (χ1n) is 34.1. The summed E-state index contributed by atoms with van der Waals surface area (Å²) >= 11 is 0. The second-order valence-corrected chi connectivity index (χ2v) is 25.7. The fourth-order valence-corrected chi connectivity index (χ4v) is 11.4. The van der Waals surface area contributed by atoms with Gasteiger partial charge in [0.15, 0.2) is 18.9 Å². The van der Waals surface area contributed by atoms with Crippen LogP contribution in [-0.2, 0) is 85.8 Å². The van der Waals surface area contributed by atoms with Gasteiger partial charge < -0.3 is 115 Å². The van der Waals surface area contributed by atoms with Gasteiger partial charge in [-0.25, -0.2) is 0 Å². The summed E-state index contributed by atoms with van der Waals surface area (Å²) in [5.74, 6) is -2.11. The first kappa shape index (κ1) is 86.5. The molecule has 14 N–H and O–H groups in total. The van der Waals surface area contributed by atoms with E-state index in [0.717, 1.165) is 0 Å². The lowest BCUT2D eigenvalue weighted by molar-refractivity contribution is -0.270. The van der Waals surface area contributed by atoms with Crippen molar-refractivity contribution in [3.05, 3.63) is 0 Å². The van der Waals surface area contributed by atoms with Crippen molar-refractivity contribution in [1.82, 2.24) is 26.6 Å². The van der Waals surface area contributed by atoms with E-state index >= 15 is 0 Å². The number of rotatable bonds is 53. The summed E-state index contributed by atoms with van der Waals surface area (Å²) in [7, 11) is 0. The fraction of sp³-hybridized carbons (Fsp3) is 0.862. The standard InChI is InChI=1S/C65H113N5O27/c1-40(2)33-65(37-89-28-20-45(78)15-7-6-8-16-47(80)22-31-93-63-54(69-42(4)75)60(87)57(84)49(35-72)96-63,38-90-29-21-46(79)18-10-13-26-67-52(82)24-32-94-64-55(70-43(5)76)61(88)58(85)50(36-73)97-64)39-91-30-23-51(81)66-25-12-9-17-44(77)19-11-14-27-92-62-53(68-41(3)74)59(86)56(83)48(34-71)95-62/h40,48-50,53-64,71-73,83-88H,6-39H2,1-5H3,(H,66,81)(H,67,82)(H,68,74)(H,69,75)(H,70,76)/t48?,49?,50?,53?,54?,55?,56-,57-,58-,59+,60+,61+,62+,63+,64+,65?/m0/s1. The van der Waals surface area contributed by atoms with Crippen LogP contribution in [0.2, 0.25) is 0 Å². The Hall–Kier alpha value is -4.69. The Morgan fingerprint density at radius 2 is 0.680 bits per heavy atom. The number of aliphatic hydroxyl groups is 9. The molecule has 0 aromatic carbocycles. The third kappa shape index (κ3) is 34.0. The Balaban J connectivity index is 1.43. The zero-order valence-corrected chi connectivity index (χ0v) is 57.2. The number of ketones is 4. The number of aliphatic hydroxyl groups excluding tert-OH is 9. The largest absolute Gasteiger partial charge is 0.394 e. The first-order chi connectivity index (χ1) is 46.2. The van der Waals surface area contributed by atoms with Gasteiger partial charge in [-0.05, 0) is 63.7 Å². The zero-order valence-electron chi connectivity index (χ0n) is 57.2. The van der Waals surface area contributed by atoms with Gasteiger partial charge in [-0.3, -0.25) is 43.2 Å². The number of nitrogens with one attached hydrogen (secondary N) is 5. The molecule has 32 heteroatoms. The fourth-order valence-electron chi connectivity index (χ4n) is 11.4. The highest BCUT2D eigenvalue weighted by Gasteiger charge is 2.48. The van der Waals surface area contributed by atoms with Gasteiger partial charge in [-0.15, -0.1) is 0 Å². The number of Topliss-reactive ketones (excluding diaryl/α,β-unsaturated/α-hetero) is 4. The van der Waals surface area contributed by atoms with Crippen molar-refractivity contribution in [2.45, 2.75) is 255 Å². The highest BCUT2D eigenvalue weighted by molar-refractivity contribution is 5.80. The molecule has 32 nitrogen and oxygen atoms in total. The summed E-state index contributed by atoms with van der Waals surface area (Å²) in [6, 6.07) is -3.32. The van der Waals surface area contributed by atoms with Crippen molar-refractivity contribution in [3.63, 3.8) is 0 Å². The quantitative estimate of drug-likeness (QED) is 0.0289. The van der Waals surface area contributed by atoms with Crippen LogP contribution in [-0.4, -0.2) is 283 Å². The molecule has 3 aliphatic heterocycles. The number of amides is 5. The molecule has 3 fully saturated rings. The molecule has 0 aromatic rings. The molecule has 0 aromatic heterocycles. The van der Waals surface area contributed by atoms with Crippen LogP contribution in [0, 0.1) is 11.3 Å². The van der Waals surface area contributed by atoms with Crippen LogP contribution in [0.3, 0.4) is 0 Å². The number of carbonyl (C=O) groups excluding carboxylic acids is 9. The first-order valence-corrected chi connectivity index (χ1v) is 34.1. The molecule has 0 saturated carbocycles. The van der Waals surface area contributed by atoms with Crippen LogP contribution in [0.4, 0.5) is 0 Å². The molecular weight excluding hydrogens is 1280 g/mol. The van der Waals surface area contributed by atoms with Gasteiger partial charge in [0.05, 0.1) is 79.1 Å². The Kier molecular flexibility index (Phi) is 43.0. The average Bonchev–Trinajstić information content (AvgIpc) is 0.844. The molecule has 5 amide bonds. The van der Waals surface area contributed by atoms with Crippen molar-refractivity contribution in [1.29, 1.82) is 0 Å². The summed E-state index contributed by atoms with van der Waals surface area (Å²) in [4.78, 5) is 112. The van der Waals surface area contributed by atoms with Crippen LogP contribution in [0.25, 0.3) is 0 Å². The van der Waals surface area contributed by atoms with Crippen molar-refractivity contribution < 1.29 is 132 Å². The van der Waals surface area contributed by atoms with E-state index < -0.39 is 135 Å². The van der Waals surface area contributed by atoms with E-state index in [-0.39, 0.29) is 158 Å². The van der Waals surface area contributed by atoms with E-state index in [1.54, 1.807) is 0 Å². The molecule has 0 bridgehead atoms. The monoisotopic (exact) mass is 1400 g/mol. The maximum Gasteiger partial charge on any atom is 0.222 e. The van der Waals surface area contributed by atoms with E-state index in [9.17, 15) is 89.1 Å². The highest BCUT2D eigenvalue weighted by atomic mass is 16.7. The molecule has 97 heavy (non-hydrogen) atoms. The van der Waals surface area contributed by atoms with Crippen LogP contribution >= 0.6 is 0 Å². The topological polar surface area (TPSA) is 479 Å². The summed E-state index contributed by atoms with van der Waals surface area (Å²) in [6.07, 6.45) is -8.89. The van der Waals surface area contributed by atoms with E-state index in [0.29, 0.717) is 83.6 Å². The second kappa shape index (κ2) is 48.2. The molecule has 3 saturated heterocycles. The third-order valence-electron chi connectivity index (χ3n) is 16.6. The van der Waals surface area contributed by atoms with Crippen molar-refractivity contribution in [2.75, 3.05) is 92.4 Å². The number of hydrogen-bond acceptors (Lipinski definition) is 27. The predicted molar refractivity (Wildman–Crippen MR) is 342 cm³/mol. The second-order valence-electron chi connectivity index (χ2n) is 25.7. The molecule has 3 heterocycles. The Morgan fingerprint density at radius 1 is 0.381 bits per heavy atom. The lowest BCUT2D eigenvalue weighted by atomic mass is 9.82. The highest BCUT2D eigenvalue weighted by Crippen LogP contribution is 2.30. The molecule has 0 radical (unpaired) electrons. The van der Waals surface area contributed by atoms with Crippen LogP contribution < -0.4 is 26.6 Å². The molecule has 16 atom stereocenters. The third-order valence-corrected chi connectivity index (χ3v) is 16.6. The number of carbonyl (C=O) groups is 9. The lowest BCUT2D eigenvalue weighted by Crippen LogP contribution is -2.64. The number of hydrogen-bond donors (Lipinski definition) is 14. The minimum atomic E-state index is -1.49. The number of ether oxygens (including phenoxy) is 9. The van der Waals surface area contributed by atoms with E-state index in [4.69, 9.17) is 42.6 Å². The molecule has 3 rings (SSSR count). The smallest absolute Gasteiger partial charge is 0.222 e. The average molecular weight is 1400 g/mol. The summed E-state index contributed by atoms with van der Waals surface area (Å²) in [6.45, 7) is 7.13. The van der Waals surface area contributed by atoms with Crippen molar-refractivity contribution in [3.8, 4) is 0 Å². The minimum Gasteiger partial charge on any atom is -0.394 e. The van der Waals surface area contributed by atoms with Crippen LogP contribution in [0.1, 0.15) is 163 Å². The van der Waals surface area contributed by atoms with E-state index in [1.807, 2.05) is 13.8 Å². The van der Waals surface area contributed by atoms with Gasteiger partial charge in [-0.2, -0.15) is 0 Å². The minimum absolute atomic E-state index is 0.00987. The predicted octanol–water partition coefficient (Wildman–Crippen LogP) is -2.13. The Labute approximate surface area is 567 Å². The van der Waals surface area contributed by atoms with E-state index in [2.05, 4.69) is 26.6 Å². The van der Waals surface area contributed by atoms with Gasteiger partial charge in [0, 0.05) is 104 Å². The molecule has 0 spiro atoms. The summed E-state index contributed by atoms with van der Waals surface area (Å²) < 4.78 is 52.0. The lowest BCUT2D eigenvalue weighted by Gasteiger charge is -2.42. The molecule has 7 unspecified atom stereocenters. The molecular formula is C65H113N5O27. The van der Waals surface area contributed by atoms with Crippen LogP contribution in [0.15, 0.2) is 0 Å².